The molecular formula is C20H23F3N2O5. The average molecular weight is 428 g/mol. The first-order chi connectivity index (χ1) is 14.2. The van der Waals surface area contributed by atoms with Crippen molar-refractivity contribution in [2.45, 2.75) is 51.8 Å². The average Bonchev–Trinajstić information content (AvgIpc) is 3.30. The second-order valence-corrected chi connectivity index (χ2v) is 7.03. The van der Waals surface area contributed by atoms with Crippen LogP contribution < -0.4 is 9.47 Å². The molecule has 2 aromatic rings. The molecule has 1 aromatic carbocycles. The molecule has 1 aliphatic heterocycles. The van der Waals surface area contributed by atoms with E-state index in [4.69, 9.17) is 18.9 Å². The van der Waals surface area contributed by atoms with E-state index in [1.165, 1.54) is 7.11 Å². The van der Waals surface area contributed by atoms with Gasteiger partial charge in [-0.05, 0) is 44.5 Å². The molecule has 7 nitrogen and oxygen atoms in total. The summed E-state index contributed by atoms with van der Waals surface area (Å²) >= 11 is 0. The monoisotopic (exact) mass is 428 g/mol. The van der Waals surface area contributed by atoms with Gasteiger partial charge < -0.3 is 18.9 Å². The van der Waals surface area contributed by atoms with Crippen LogP contribution in [0.4, 0.5) is 13.2 Å². The van der Waals surface area contributed by atoms with E-state index in [1.54, 1.807) is 32.0 Å². The normalized spacial score (nSPS) is 16.7. The predicted molar refractivity (Wildman–Crippen MR) is 100 cm³/mol. The summed E-state index contributed by atoms with van der Waals surface area (Å²) in [4.78, 5) is 12.0. The SMILES string of the molecule is COc1ccc(-c2cc(C(F)(F)F)nn2CC(=O)OC(C)C)cc1OC1CCCO1. The van der Waals surface area contributed by atoms with Gasteiger partial charge in [0.05, 0.1) is 25.5 Å². The molecule has 1 aromatic heterocycles. The highest BCUT2D eigenvalue weighted by molar-refractivity contribution is 5.72. The van der Waals surface area contributed by atoms with Gasteiger partial charge >= 0.3 is 12.1 Å². The van der Waals surface area contributed by atoms with Gasteiger partial charge in [-0.25, -0.2) is 0 Å². The number of benzene rings is 1. The Labute approximate surface area is 171 Å². The van der Waals surface area contributed by atoms with E-state index >= 15 is 0 Å². The van der Waals surface area contributed by atoms with Crippen molar-refractivity contribution in [2.24, 2.45) is 0 Å². The van der Waals surface area contributed by atoms with Gasteiger partial charge in [0.1, 0.15) is 6.54 Å². The van der Waals surface area contributed by atoms with Crippen molar-refractivity contribution in [3.8, 4) is 22.8 Å². The topological polar surface area (TPSA) is 71.8 Å². The lowest BCUT2D eigenvalue weighted by atomic mass is 10.1. The van der Waals surface area contributed by atoms with Crippen LogP contribution in [0.15, 0.2) is 24.3 Å². The smallest absolute Gasteiger partial charge is 0.435 e. The summed E-state index contributed by atoms with van der Waals surface area (Å²) in [6, 6.07) is 5.58. The van der Waals surface area contributed by atoms with E-state index in [-0.39, 0.29) is 5.69 Å². The van der Waals surface area contributed by atoms with Gasteiger partial charge in [0.15, 0.2) is 23.5 Å². The summed E-state index contributed by atoms with van der Waals surface area (Å²) in [5, 5.41) is 3.57. The van der Waals surface area contributed by atoms with Gasteiger partial charge in [-0.1, -0.05) is 0 Å². The Morgan fingerprint density at radius 2 is 2.07 bits per heavy atom. The van der Waals surface area contributed by atoms with Crippen molar-refractivity contribution in [2.75, 3.05) is 13.7 Å². The summed E-state index contributed by atoms with van der Waals surface area (Å²) in [5.74, 6) is 0.0518. The Hall–Kier alpha value is -2.75. The number of hydrogen-bond donors (Lipinski definition) is 0. The number of hydrogen-bond acceptors (Lipinski definition) is 6. The number of carbonyl (C=O) groups is 1. The zero-order chi connectivity index (χ0) is 21.9. The first-order valence-corrected chi connectivity index (χ1v) is 9.48. The van der Waals surface area contributed by atoms with Gasteiger partial charge in [0.2, 0.25) is 0 Å². The van der Waals surface area contributed by atoms with Gasteiger partial charge in [-0.3, -0.25) is 9.48 Å². The molecule has 0 spiro atoms. The fraction of sp³-hybridized carbons (Fsp3) is 0.500. The molecule has 30 heavy (non-hydrogen) atoms. The third-order valence-electron chi connectivity index (χ3n) is 4.32. The lowest BCUT2D eigenvalue weighted by Crippen LogP contribution is -2.19. The molecule has 1 saturated heterocycles. The first kappa shape index (κ1) is 21.9. The molecule has 1 unspecified atom stereocenters. The fourth-order valence-corrected chi connectivity index (χ4v) is 3.04. The minimum Gasteiger partial charge on any atom is -0.493 e. The molecule has 0 bridgehead atoms. The quantitative estimate of drug-likeness (QED) is 0.620. The standard InChI is InChI=1S/C20H23F3N2O5/c1-12(2)29-18(26)11-25-14(10-17(24-25)20(21,22)23)13-6-7-15(27-3)16(9-13)30-19-5-4-8-28-19/h6-7,9-10,12,19H,4-5,8,11H2,1-3H3. The number of nitrogens with zero attached hydrogens (tertiary/aromatic N) is 2. The van der Waals surface area contributed by atoms with Crippen molar-refractivity contribution in [3.05, 3.63) is 30.0 Å². The maximum atomic E-state index is 13.3. The molecule has 1 atom stereocenters. The largest absolute Gasteiger partial charge is 0.493 e. The zero-order valence-electron chi connectivity index (χ0n) is 16.9. The van der Waals surface area contributed by atoms with Crippen LogP contribution >= 0.6 is 0 Å². The van der Waals surface area contributed by atoms with Crippen LogP contribution in [0.2, 0.25) is 0 Å². The number of ether oxygens (including phenoxy) is 4. The molecule has 10 heteroatoms. The maximum absolute atomic E-state index is 13.3. The Kier molecular flexibility index (Phi) is 6.55. The Bertz CT molecular complexity index is 889. The third kappa shape index (κ3) is 5.24. The minimum atomic E-state index is -4.66. The maximum Gasteiger partial charge on any atom is 0.435 e. The number of methoxy groups -OCH3 is 1. The molecular weight excluding hydrogens is 405 g/mol. The lowest BCUT2D eigenvalue weighted by molar-refractivity contribution is -0.149. The zero-order valence-corrected chi connectivity index (χ0v) is 16.9. The number of halogens is 3. The molecule has 1 aliphatic rings. The molecule has 0 radical (unpaired) electrons. The highest BCUT2D eigenvalue weighted by atomic mass is 19.4. The highest BCUT2D eigenvalue weighted by Gasteiger charge is 2.35. The Balaban J connectivity index is 1.98. The number of carbonyl (C=O) groups excluding carboxylic acids is 1. The van der Waals surface area contributed by atoms with Crippen molar-refractivity contribution in [1.29, 1.82) is 0 Å². The molecule has 164 valence electrons. The van der Waals surface area contributed by atoms with E-state index in [9.17, 15) is 18.0 Å². The number of aromatic nitrogens is 2. The van der Waals surface area contributed by atoms with Crippen LogP contribution in [0.3, 0.4) is 0 Å². The predicted octanol–water partition coefficient (Wildman–Crippen LogP) is 4.04. The molecule has 0 aliphatic carbocycles. The summed E-state index contributed by atoms with van der Waals surface area (Å²) < 4.78 is 62.4. The van der Waals surface area contributed by atoms with E-state index in [2.05, 4.69) is 5.10 Å². The minimum absolute atomic E-state index is 0.0999. The van der Waals surface area contributed by atoms with Crippen LogP contribution in [-0.4, -0.2) is 41.9 Å². The second kappa shape index (κ2) is 8.95. The number of alkyl halides is 3. The van der Waals surface area contributed by atoms with Crippen LogP contribution in [0.1, 0.15) is 32.4 Å². The van der Waals surface area contributed by atoms with Crippen LogP contribution in [0, 0.1) is 0 Å². The third-order valence-corrected chi connectivity index (χ3v) is 4.32. The lowest BCUT2D eigenvalue weighted by Gasteiger charge is -2.17. The Morgan fingerprint density at radius 3 is 2.67 bits per heavy atom. The van der Waals surface area contributed by atoms with Crippen LogP contribution in [0.25, 0.3) is 11.3 Å². The van der Waals surface area contributed by atoms with Gasteiger partial charge in [-0.15, -0.1) is 0 Å². The fourth-order valence-electron chi connectivity index (χ4n) is 3.04. The van der Waals surface area contributed by atoms with Crippen molar-refractivity contribution in [1.82, 2.24) is 9.78 Å². The molecule has 1 fully saturated rings. The van der Waals surface area contributed by atoms with Gasteiger partial charge in [0, 0.05) is 12.0 Å². The molecule has 2 heterocycles. The van der Waals surface area contributed by atoms with Crippen molar-refractivity contribution < 1.29 is 36.9 Å². The number of rotatable bonds is 7. The Morgan fingerprint density at radius 1 is 1.30 bits per heavy atom. The summed E-state index contributed by atoms with van der Waals surface area (Å²) in [7, 11) is 1.46. The summed E-state index contributed by atoms with van der Waals surface area (Å²) in [6.45, 7) is 3.42. The molecule has 0 saturated carbocycles. The van der Waals surface area contributed by atoms with E-state index < -0.39 is 36.8 Å². The van der Waals surface area contributed by atoms with Crippen LogP contribution in [0.5, 0.6) is 11.5 Å². The van der Waals surface area contributed by atoms with Crippen molar-refractivity contribution >= 4 is 5.97 Å². The van der Waals surface area contributed by atoms with Gasteiger partial charge in [0.25, 0.3) is 0 Å². The van der Waals surface area contributed by atoms with Gasteiger partial charge in [-0.2, -0.15) is 18.3 Å². The first-order valence-electron chi connectivity index (χ1n) is 9.48. The van der Waals surface area contributed by atoms with E-state index in [1.807, 2.05) is 0 Å². The highest BCUT2D eigenvalue weighted by Crippen LogP contribution is 2.37. The van der Waals surface area contributed by atoms with E-state index in [0.717, 1.165) is 17.2 Å². The van der Waals surface area contributed by atoms with E-state index in [0.29, 0.717) is 30.1 Å². The molecule has 0 N–H and O–H groups in total. The molecule has 0 amide bonds. The number of esters is 1. The summed E-state index contributed by atoms with van der Waals surface area (Å²) in [5.41, 5.74) is -0.626. The van der Waals surface area contributed by atoms with Crippen molar-refractivity contribution in [3.63, 3.8) is 0 Å². The van der Waals surface area contributed by atoms with Crippen LogP contribution in [-0.2, 0) is 27.0 Å². The second-order valence-electron chi connectivity index (χ2n) is 7.03. The summed E-state index contributed by atoms with van der Waals surface area (Å²) in [6.07, 6.45) is -3.96. The molecule has 3 rings (SSSR count).